The zero-order chi connectivity index (χ0) is 15.3. The van der Waals surface area contributed by atoms with E-state index in [1.807, 2.05) is 0 Å². The van der Waals surface area contributed by atoms with E-state index in [-0.39, 0.29) is 5.75 Å². The Morgan fingerprint density at radius 1 is 1.05 bits per heavy atom. The summed E-state index contributed by atoms with van der Waals surface area (Å²) < 4.78 is 40.0. The topological polar surface area (TPSA) is 32.8 Å². The van der Waals surface area contributed by atoms with Crippen molar-refractivity contribution in [3.8, 4) is 5.75 Å². The van der Waals surface area contributed by atoms with Crippen molar-refractivity contribution >= 4 is 6.29 Å². The van der Waals surface area contributed by atoms with E-state index in [9.17, 15) is 18.0 Å². The molecule has 1 aromatic carbocycles. The second kappa shape index (κ2) is 6.91. The molecule has 1 aromatic rings. The summed E-state index contributed by atoms with van der Waals surface area (Å²) in [6, 6.07) is 5.93. The van der Waals surface area contributed by atoms with Gasteiger partial charge in [0.1, 0.15) is 12.0 Å². The maximum Gasteiger partial charge on any atom is 0.573 e. The Hall–Kier alpha value is -1.60. The second-order valence-electron chi connectivity index (χ2n) is 4.94. The normalized spacial score (nSPS) is 17.7. The number of rotatable bonds is 5. The van der Waals surface area contributed by atoms with E-state index in [2.05, 4.69) is 14.5 Å². The van der Waals surface area contributed by atoms with Gasteiger partial charge in [-0.15, -0.1) is 13.2 Å². The number of halogens is 3. The first-order valence-corrected chi connectivity index (χ1v) is 6.69. The highest BCUT2D eigenvalue weighted by Gasteiger charge is 2.30. The molecule has 0 aromatic heterocycles. The molecule has 0 spiro atoms. The third-order valence-electron chi connectivity index (χ3n) is 3.36. The molecule has 1 fully saturated rings. The molecule has 4 nitrogen and oxygen atoms in total. The lowest BCUT2D eigenvalue weighted by Crippen LogP contribution is -2.46. The van der Waals surface area contributed by atoms with E-state index < -0.39 is 6.36 Å². The van der Waals surface area contributed by atoms with E-state index in [1.165, 1.54) is 12.1 Å². The van der Waals surface area contributed by atoms with Gasteiger partial charge < -0.3 is 9.53 Å². The van der Waals surface area contributed by atoms with Crippen molar-refractivity contribution in [2.75, 3.05) is 32.7 Å². The molecule has 1 saturated heterocycles. The van der Waals surface area contributed by atoms with Crippen LogP contribution in [0.2, 0.25) is 0 Å². The van der Waals surface area contributed by atoms with Gasteiger partial charge in [-0.05, 0) is 17.7 Å². The number of alkyl halides is 3. The SMILES string of the molecule is O=CCN1CCN(Cc2ccc(OC(F)(F)F)cc2)CC1. The van der Waals surface area contributed by atoms with Gasteiger partial charge in [0.15, 0.2) is 0 Å². The van der Waals surface area contributed by atoms with E-state index in [1.54, 1.807) is 12.1 Å². The van der Waals surface area contributed by atoms with E-state index >= 15 is 0 Å². The third-order valence-corrected chi connectivity index (χ3v) is 3.36. The molecule has 1 aliphatic rings. The standard InChI is InChI=1S/C14H17F3N2O2/c15-14(16,17)21-13-3-1-12(2-4-13)11-19-7-5-18(6-8-19)9-10-20/h1-4,10H,5-9,11H2. The number of benzene rings is 1. The van der Waals surface area contributed by atoms with E-state index in [0.717, 1.165) is 38.0 Å². The summed E-state index contributed by atoms with van der Waals surface area (Å²) in [6.07, 6.45) is -3.76. The summed E-state index contributed by atoms with van der Waals surface area (Å²) in [5.74, 6) is -0.206. The number of ether oxygens (including phenoxy) is 1. The highest BCUT2D eigenvalue weighted by molar-refractivity contribution is 5.51. The lowest BCUT2D eigenvalue weighted by molar-refractivity contribution is -0.274. The summed E-state index contributed by atoms with van der Waals surface area (Å²) in [4.78, 5) is 14.7. The number of hydrogen-bond donors (Lipinski definition) is 0. The first-order valence-electron chi connectivity index (χ1n) is 6.69. The van der Waals surface area contributed by atoms with Crippen molar-refractivity contribution < 1.29 is 22.7 Å². The smallest absolute Gasteiger partial charge is 0.406 e. The molecule has 7 heteroatoms. The predicted molar refractivity (Wildman–Crippen MR) is 70.9 cm³/mol. The van der Waals surface area contributed by atoms with Crippen LogP contribution in [0, 0.1) is 0 Å². The van der Waals surface area contributed by atoms with Crippen molar-refractivity contribution in [2.45, 2.75) is 12.9 Å². The van der Waals surface area contributed by atoms with Crippen molar-refractivity contribution in [3.05, 3.63) is 29.8 Å². The van der Waals surface area contributed by atoms with Crippen molar-refractivity contribution in [1.29, 1.82) is 0 Å². The fourth-order valence-corrected chi connectivity index (χ4v) is 2.29. The van der Waals surface area contributed by atoms with Gasteiger partial charge in [-0.25, -0.2) is 0 Å². The molecular formula is C14H17F3N2O2. The molecule has 0 aliphatic carbocycles. The second-order valence-corrected chi connectivity index (χ2v) is 4.94. The van der Waals surface area contributed by atoms with Gasteiger partial charge in [0.2, 0.25) is 0 Å². The van der Waals surface area contributed by atoms with Gasteiger partial charge in [0.05, 0.1) is 6.54 Å². The van der Waals surface area contributed by atoms with Gasteiger partial charge >= 0.3 is 6.36 Å². The Morgan fingerprint density at radius 2 is 1.62 bits per heavy atom. The van der Waals surface area contributed by atoms with Crippen molar-refractivity contribution in [1.82, 2.24) is 9.80 Å². The minimum Gasteiger partial charge on any atom is -0.406 e. The molecule has 0 unspecified atom stereocenters. The van der Waals surface area contributed by atoms with Gasteiger partial charge in [-0.2, -0.15) is 0 Å². The van der Waals surface area contributed by atoms with Crippen LogP contribution in [-0.2, 0) is 11.3 Å². The number of aldehydes is 1. The van der Waals surface area contributed by atoms with Gasteiger partial charge in [0.25, 0.3) is 0 Å². The quantitative estimate of drug-likeness (QED) is 0.778. The van der Waals surface area contributed by atoms with Crippen LogP contribution in [0.1, 0.15) is 5.56 Å². The predicted octanol–water partition coefficient (Wildman–Crippen LogP) is 1.90. The molecule has 0 amide bonds. The van der Waals surface area contributed by atoms with Crippen molar-refractivity contribution in [3.63, 3.8) is 0 Å². The number of carbonyl (C=O) groups is 1. The molecule has 0 atom stereocenters. The molecule has 21 heavy (non-hydrogen) atoms. The maximum atomic E-state index is 12.1. The number of nitrogens with zero attached hydrogens (tertiary/aromatic N) is 2. The Labute approximate surface area is 121 Å². The lowest BCUT2D eigenvalue weighted by Gasteiger charge is -2.33. The van der Waals surface area contributed by atoms with E-state index in [0.29, 0.717) is 13.1 Å². The van der Waals surface area contributed by atoms with Crippen molar-refractivity contribution in [2.24, 2.45) is 0 Å². The minimum atomic E-state index is -4.66. The van der Waals surface area contributed by atoms with Gasteiger partial charge in [-0.3, -0.25) is 9.80 Å². The number of carbonyl (C=O) groups excluding carboxylic acids is 1. The monoisotopic (exact) mass is 302 g/mol. The zero-order valence-corrected chi connectivity index (χ0v) is 11.5. The highest BCUT2D eigenvalue weighted by Crippen LogP contribution is 2.23. The van der Waals surface area contributed by atoms with Gasteiger partial charge in [-0.1, -0.05) is 12.1 Å². The first kappa shape index (κ1) is 15.8. The summed E-state index contributed by atoms with van der Waals surface area (Å²) in [5.41, 5.74) is 0.938. The number of hydrogen-bond acceptors (Lipinski definition) is 4. The molecule has 116 valence electrons. The van der Waals surface area contributed by atoms with Crippen LogP contribution in [0.25, 0.3) is 0 Å². The fourth-order valence-electron chi connectivity index (χ4n) is 2.29. The van der Waals surface area contributed by atoms with Gasteiger partial charge in [0, 0.05) is 32.7 Å². The summed E-state index contributed by atoms with van der Waals surface area (Å²) in [6.45, 7) is 4.48. The van der Waals surface area contributed by atoms with Crippen LogP contribution in [0.15, 0.2) is 24.3 Å². The van der Waals surface area contributed by atoms with Crippen LogP contribution < -0.4 is 4.74 Å². The molecule has 1 aliphatic heterocycles. The first-order chi connectivity index (χ1) is 9.96. The average molecular weight is 302 g/mol. The molecule has 0 N–H and O–H groups in total. The molecule has 0 bridgehead atoms. The fraction of sp³-hybridized carbons (Fsp3) is 0.500. The maximum absolute atomic E-state index is 12.1. The lowest BCUT2D eigenvalue weighted by atomic mass is 10.2. The van der Waals surface area contributed by atoms with Crippen LogP contribution in [0.3, 0.4) is 0 Å². The third kappa shape index (κ3) is 5.35. The minimum absolute atomic E-state index is 0.206. The largest absolute Gasteiger partial charge is 0.573 e. The Balaban J connectivity index is 1.83. The van der Waals surface area contributed by atoms with E-state index in [4.69, 9.17) is 0 Å². The summed E-state index contributed by atoms with van der Waals surface area (Å²) in [7, 11) is 0. The molecule has 0 saturated carbocycles. The molecule has 1 heterocycles. The Morgan fingerprint density at radius 3 is 2.14 bits per heavy atom. The Bertz CT molecular complexity index is 454. The van der Waals surface area contributed by atoms with Crippen LogP contribution in [0.5, 0.6) is 5.75 Å². The molecule has 2 rings (SSSR count). The average Bonchev–Trinajstić information content (AvgIpc) is 2.42. The number of piperazine rings is 1. The highest BCUT2D eigenvalue weighted by atomic mass is 19.4. The van der Waals surface area contributed by atoms with Crippen LogP contribution in [-0.4, -0.2) is 55.2 Å². The van der Waals surface area contributed by atoms with Crippen LogP contribution in [0.4, 0.5) is 13.2 Å². The summed E-state index contributed by atoms with van der Waals surface area (Å²) >= 11 is 0. The molecular weight excluding hydrogens is 285 g/mol. The Kier molecular flexibility index (Phi) is 5.19. The molecule has 0 radical (unpaired) electrons. The van der Waals surface area contributed by atoms with Crippen LogP contribution >= 0.6 is 0 Å². The summed E-state index contributed by atoms with van der Waals surface area (Å²) in [5, 5.41) is 0. The zero-order valence-electron chi connectivity index (χ0n) is 11.5.